The highest BCUT2D eigenvalue weighted by molar-refractivity contribution is 5.76. The van der Waals surface area contributed by atoms with Gasteiger partial charge in [0.05, 0.1) is 6.61 Å². The first-order chi connectivity index (χ1) is 9.08. The fourth-order valence-corrected chi connectivity index (χ4v) is 2.56. The number of aliphatic hydroxyl groups excluding tert-OH is 1. The Bertz CT molecular complexity index is 265. The van der Waals surface area contributed by atoms with Gasteiger partial charge in [-0.1, -0.05) is 6.92 Å². The third-order valence-electron chi connectivity index (χ3n) is 4.04. The van der Waals surface area contributed by atoms with E-state index in [9.17, 15) is 4.79 Å². The van der Waals surface area contributed by atoms with Crippen LogP contribution >= 0.6 is 0 Å². The molecule has 3 N–H and O–H groups in total. The van der Waals surface area contributed by atoms with E-state index in [0.29, 0.717) is 31.5 Å². The Labute approximate surface area is 116 Å². The zero-order valence-corrected chi connectivity index (χ0v) is 12.3. The Hall–Kier alpha value is -0.650. The van der Waals surface area contributed by atoms with E-state index in [1.54, 1.807) is 0 Å². The van der Waals surface area contributed by atoms with Crippen LogP contribution < -0.4 is 5.73 Å². The van der Waals surface area contributed by atoms with Gasteiger partial charge in [0.15, 0.2) is 0 Å². The maximum atomic E-state index is 12.3. The number of piperidine rings is 1. The van der Waals surface area contributed by atoms with Gasteiger partial charge in [0, 0.05) is 19.0 Å². The predicted molar refractivity (Wildman–Crippen MR) is 76.8 cm³/mol. The molecule has 0 aromatic carbocycles. The summed E-state index contributed by atoms with van der Waals surface area (Å²) >= 11 is 0. The van der Waals surface area contributed by atoms with E-state index in [1.165, 1.54) is 0 Å². The summed E-state index contributed by atoms with van der Waals surface area (Å²) in [7, 11) is 2.11. The molecule has 1 atom stereocenters. The number of carbonyl (C=O) groups is 1. The van der Waals surface area contributed by atoms with Crippen LogP contribution in [0.1, 0.15) is 32.6 Å². The minimum atomic E-state index is 0.0462. The summed E-state index contributed by atoms with van der Waals surface area (Å²) in [4.78, 5) is 16.5. The van der Waals surface area contributed by atoms with E-state index >= 15 is 0 Å². The molecule has 1 aliphatic heterocycles. The molecule has 0 bridgehead atoms. The van der Waals surface area contributed by atoms with Crippen molar-refractivity contribution in [2.24, 2.45) is 11.7 Å². The van der Waals surface area contributed by atoms with Gasteiger partial charge < -0.3 is 20.6 Å². The molecular weight excluding hydrogens is 242 g/mol. The summed E-state index contributed by atoms with van der Waals surface area (Å²) in [5, 5.41) is 9.17. The number of hydrogen-bond acceptors (Lipinski definition) is 4. The van der Waals surface area contributed by atoms with Gasteiger partial charge in [0.25, 0.3) is 0 Å². The van der Waals surface area contributed by atoms with Crippen molar-refractivity contribution < 1.29 is 9.90 Å². The minimum absolute atomic E-state index is 0.0462. The maximum absolute atomic E-state index is 12.3. The normalized spacial score (nSPS) is 19.4. The SMILES string of the molecule is CC(CN)CCC(=O)N(CCO)C1CCN(C)CC1. The van der Waals surface area contributed by atoms with Crippen LogP contribution in [0, 0.1) is 5.92 Å². The minimum Gasteiger partial charge on any atom is -0.395 e. The second-order valence-corrected chi connectivity index (χ2v) is 5.72. The number of hydrogen-bond donors (Lipinski definition) is 2. The van der Waals surface area contributed by atoms with E-state index in [0.717, 1.165) is 32.4 Å². The highest BCUT2D eigenvalue weighted by Gasteiger charge is 2.26. The second kappa shape index (κ2) is 8.51. The average molecular weight is 271 g/mol. The largest absolute Gasteiger partial charge is 0.395 e. The van der Waals surface area contributed by atoms with Crippen LogP contribution in [-0.2, 0) is 4.79 Å². The van der Waals surface area contributed by atoms with Crippen molar-refractivity contribution >= 4 is 5.91 Å². The van der Waals surface area contributed by atoms with Crippen molar-refractivity contribution in [3.05, 3.63) is 0 Å². The van der Waals surface area contributed by atoms with Crippen molar-refractivity contribution in [3.8, 4) is 0 Å². The Balaban J connectivity index is 2.48. The van der Waals surface area contributed by atoms with Gasteiger partial charge in [-0.2, -0.15) is 0 Å². The van der Waals surface area contributed by atoms with Gasteiger partial charge in [-0.3, -0.25) is 4.79 Å². The van der Waals surface area contributed by atoms with Crippen LogP contribution in [0.15, 0.2) is 0 Å². The van der Waals surface area contributed by atoms with Crippen LogP contribution in [0.4, 0.5) is 0 Å². The highest BCUT2D eigenvalue weighted by Crippen LogP contribution is 2.17. The third kappa shape index (κ3) is 5.47. The lowest BCUT2D eigenvalue weighted by Crippen LogP contribution is -2.47. The Kier molecular flexibility index (Phi) is 7.34. The summed E-state index contributed by atoms with van der Waals surface area (Å²) in [6.07, 6.45) is 3.40. The summed E-state index contributed by atoms with van der Waals surface area (Å²) in [5.41, 5.74) is 5.58. The van der Waals surface area contributed by atoms with E-state index in [4.69, 9.17) is 10.8 Å². The number of amides is 1. The van der Waals surface area contributed by atoms with Gasteiger partial charge in [-0.25, -0.2) is 0 Å². The molecule has 1 heterocycles. The lowest BCUT2D eigenvalue weighted by atomic mass is 10.0. The van der Waals surface area contributed by atoms with Crippen molar-refractivity contribution in [3.63, 3.8) is 0 Å². The first-order valence-electron chi connectivity index (χ1n) is 7.37. The molecule has 0 radical (unpaired) electrons. The summed E-state index contributed by atoms with van der Waals surface area (Å²) in [5.74, 6) is 0.557. The Morgan fingerprint density at radius 2 is 2.11 bits per heavy atom. The van der Waals surface area contributed by atoms with E-state index in [1.807, 2.05) is 4.90 Å². The molecule has 1 rings (SSSR count). The van der Waals surface area contributed by atoms with E-state index in [2.05, 4.69) is 18.9 Å². The smallest absolute Gasteiger partial charge is 0.222 e. The van der Waals surface area contributed by atoms with E-state index in [-0.39, 0.29) is 12.5 Å². The van der Waals surface area contributed by atoms with Crippen LogP contribution in [-0.4, -0.2) is 66.7 Å². The van der Waals surface area contributed by atoms with E-state index < -0.39 is 0 Å². The number of rotatable bonds is 7. The van der Waals surface area contributed by atoms with Gasteiger partial charge in [-0.15, -0.1) is 0 Å². The molecule has 0 aromatic rings. The molecule has 1 unspecified atom stereocenters. The molecule has 1 amide bonds. The van der Waals surface area contributed by atoms with Crippen molar-refractivity contribution in [2.45, 2.75) is 38.6 Å². The highest BCUT2D eigenvalue weighted by atomic mass is 16.3. The van der Waals surface area contributed by atoms with Gasteiger partial charge in [0.1, 0.15) is 0 Å². The lowest BCUT2D eigenvalue weighted by molar-refractivity contribution is -0.135. The molecule has 0 spiro atoms. The fourth-order valence-electron chi connectivity index (χ4n) is 2.56. The number of likely N-dealkylation sites (tertiary alicyclic amines) is 1. The molecule has 19 heavy (non-hydrogen) atoms. The summed E-state index contributed by atoms with van der Waals surface area (Å²) < 4.78 is 0. The first-order valence-corrected chi connectivity index (χ1v) is 7.37. The number of carbonyl (C=O) groups excluding carboxylic acids is 1. The average Bonchev–Trinajstić information content (AvgIpc) is 2.43. The number of nitrogens with zero attached hydrogens (tertiary/aromatic N) is 2. The molecule has 1 saturated heterocycles. The summed E-state index contributed by atoms with van der Waals surface area (Å²) in [6.45, 7) is 5.26. The molecule has 5 heteroatoms. The van der Waals surface area contributed by atoms with Crippen molar-refractivity contribution in [2.75, 3.05) is 39.8 Å². The first kappa shape index (κ1) is 16.4. The lowest BCUT2D eigenvalue weighted by Gasteiger charge is -2.37. The molecule has 5 nitrogen and oxygen atoms in total. The quantitative estimate of drug-likeness (QED) is 0.697. The Morgan fingerprint density at radius 3 is 2.63 bits per heavy atom. The van der Waals surface area contributed by atoms with Crippen molar-refractivity contribution in [1.82, 2.24) is 9.80 Å². The standard InChI is InChI=1S/C14H29N3O2/c1-12(11-15)3-4-14(19)17(9-10-18)13-5-7-16(2)8-6-13/h12-13,18H,3-11,15H2,1-2H3. The van der Waals surface area contributed by atoms with Gasteiger partial charge in [0.2, 0.25) is 5.91 Å². The fraction of sp³-hybridized carbons (Fsp3) is 0.929. The van der Waals surface area contributed by atoms with Crippen LogP contribution in [0.2, 0.25) is 0 Å². The third-order valence-corrected chi connectivity index (χ3v) is 4.04. The van der Waals surface area contributed by atoms with Gasteiger partial charge in [-0.05, 0) is 51.9 Å². The number of aliphatic hydroxyl groups is 1. The van der Waals surface area contributed by atoms with Gasteiger partial charge >= 0.3 is 0 Å². The summed E-state index contributed by atoms with van der Waals surface area (Å²) in [6, 6.07) is 0.295. The molecule has 1 aliphatic rings. The van der Waals surface area contributed by atoms with Crippen LogP contribution in [0.3, 0.4) is 0 Å². The monoisotopic (exact) mass is 271 g/mol. The molecule has 0 saturated carbocycles. The van der Waals surface area contributed by atoms with Crippen molar-refractivity contribution in [1.29, 1.82) is 0 Å². The van der Waals surface area contributed by atoms with Crippen LogP contribution in [0.5, 0.6) is 0 Å². The second-order valence-electron chi connectivity index (χ2n) is 5.72. The Morgan fingerprint density at radius 1 is 1.47 bits per heavy atom. The molecular formula is C14H29N3O2. The molecule has 0 aliphatic carbocycles. The van der Waals surface area contributed by atoms with Crippen LogP contribution in [0.25, 0.3) is 0 Å². The maximum Gasteiger partial charge on any atom is 0.222 e. The predicted octanol–water partition coefficient (Wildman–Crippen LogP) is 0.277. The molecule has 0 aromatic heterocycles. The molecule has 1 fully saturated rings. The zero-order valence-electron chi connectivity index (χ0n) is 12.3. The zero-order chi connectivity index (χ0) is 14.3. The topological polar surface area (TPSA) is 69.8 Å². The molecule has 112 valence electrons. The number of nitrogens with two attached hydrogens (primary N) is 1.